The van der Waals surface area contributed by atoms with Gasteiger partial charge in [0.1, 0.15) is 50.0 Å². The summed E-state index contributed by atoms with van der Waals surface area (Å²) in [5, 5.41) is 5.20. The van der Waals surface area contributed by atoms with Crippen LogP contribution >= 0.6 is 7.74 Å². The van der Waals surface area contributed by atoms with Crippen molar-refractivity contribution in [3.8, 4) is 0 Å². The van der Waals surface area contributed by atoms with Gasteiger partial charge in [-0.2, -0.15) is 8.42 Å². The second-order valence-corrected chi connectivity index (χ2v) is 21.2. The first kappa shape index (κ1) is 52.0. The van der Waals surface area contributed by atoms with Crippen LogP contribution in [0.4, 0.5) is 11.6 Å². The number of nitrogens with one attached hydrogen (secondary N) is 2. The highest BCUT2D eigenvalue weighted by Gasteiger charge is 2.46. The minimum atomic E-state index is -4.72. The number of ether oxygens (including phenoxy) is 4. The Balaban J connectivity index is 1.04. The van der Waals surface area contributed by atoms with Crippen molar-refractivity contribution in [1.82, 2.24) is 48.6 Å². The molecule has 2 aliphatic heterocycles. The van der Waals surface area contributed by atoms with Crippen LogP contribution in [0.15, 0.2) is 108 Å². The summed E-state index contributed by atoms with van der Waals surface area (Å²) < 4.78 is 83.3. The smallest absolute Gasteiger partial charge is 0.372 e. The predicted molar refractivity (Wildman–Crippen MR) is 266 cm³/mol. The molecule has 9 rings (SSSR count). The van der Waals surface area contributed by atoms with Gasteiger partial charge in [0.2, 0.25) is 6.54 Å². The zero-order chi connectivity index (χ0) is 52.0. The van der Waals surface area contributed by atoms with E-state index in [1.807, 2.05) is 33.8 Å². The van der Waals surface area contributed by atoms with E-state index in [9.17, 15) is 18.0 Å². The lowest BCUT2D eigenvalue weighted by atomic mass is 10.2. The molecule has 388 valence electrons. The van der Waals surface area contributed by atoms with Crippen LogP contribution in [0.3, 0.4) is 0 Å². The first-order valence-electron chi connectivity index (χ1n) is 23.5. The van der Waals surface area contributed by atoms with Gasteiger partial charge < -0.3 is 39.0 Å². The maximum Gasteiger partial charge on any atom is 0.372 e. The maximum atomic E-state index is 14.4. The number of fused-ring (bicyclic) bond motifs is 2. The Morgan fingerprint density at radius 3 is 1.84 bits per heavy atom. The van der Waals surface area contributed by atoms with Gasteiger partial charge in [0.05, 0.1) is 44.2 Å². The molecule has 7 atom stereocenters. The van der Waals surface area contributed by atoms with Crippen LogP contribution in [0, 0.1) is 6.57 Å². The van der Waals surface area contributed by atoms with Crippen LogP contribution in [-0.2, 0) is 49.6 Å². The molecule has 27 heteroatoms. The average Bonchev–Trinajstić information content (AvgIpc) is 4.25. The van der Waals surface area contributed by atoms with Gasteiger partial charge in [-0.15, -0.1) is 0 Å². The van der Waals surface area contributed by atoms with E-state index in [0.717, 1.165) is 0 Å². The number of rotatable bonds is 21. The molecule has 2 fully saturated rings. The number of benzene rings is 2. The Bertz CT molecular complexity index is 3310. The molecule has 1 unspecified atom stereocenters. The third-order valence-corrected chi connectivity index (χ3v) is 15.7. The summed E-state index contributed by atoms with van der Waals surface area (Å²) in [4.78, 5) is 60.4. The number of amides is 2. The lowest BCUT2D eigenvalue weighted by Gasteiger charge is -2.29. The SMILES string of the molecule is [C-]#[N+]CCOP(=NS(=O)(=O)c1nccn1C)(OC[C@H]1O[C@@H](n2cnc3c(NC(=O)c4ccccc4)ncnc32)C[C@H]1OC(C)C)O[C@@H]1C[C@H](n2cnc3c(NC(=O)c4ccccc4)ncnc32)O[C@@H]1COC(C)C. The molecular weight excluding hydrogens is 1000 g/mol. The summed E-state index contributed by atoms with van der Waals surface area (Å²) >= 11 is 0. The molecule has 0 aliphatic carbocycles. The minimum absolute atomic E-state index is 0.0230. The van der Waals surface area contributed by atoms with Crippen LogP contribution in [-0.4, -0.2) is 132 Å². The third kappa shape index (κ3) is 11.7. The van der Waals surface area contributed by atoms with Gasteiger partial charge in [-0.25, -0.2) is 41.5 Å². The van der Waals surface area contributed by atoms with Gasteiger partial charge in [0.25, 0.3) is 17.0 Å². The standard InChI is InChI=1S/C47H53N14O11PS/c1-29(2)66-23-35-34(22-38(70-35)61-28-55-40-42(51-26-53-44(40)61)57-46(63)32-15-11-8-12-16-32)72-73(67-20-18-48-5,58-74(64,65)47-49-17-19-59(47)6)68-24-36-33(69-30(3)4)21-37(71-36)60-27-54-39-41(50-25-52-43(39)60)56-45(62)31-13-9-7-10-14-31/h7-17,19,25-30,33-38H,18,20-24H2,1-4,6H3,(H,50,52,56,62)(H,51,53,57,63)/t33-,34-,35-,36-,37-,38-,73?/m1/s1. The second kappa shape index (κ2) is 22.7. The Labute approximate surface area is 425 Å². The molecule has 0 radical (unpaired) electrons. The molecule has 25 nitrogen and oxygen atoms in total. The largest absolute Gasteiger partial charge is 0.376 e. The van der Waals surface area contributed by atoms with Crippen LogP contribution in [0.25, 0.3) is 27.2 Å². The van der Waals surface area contributed by atoms with E-state index in [1.54, 1.807) is 63.7 Å². The fraction of sp³-hybridized carbons (Fsp3) is 0.404. The zero-order valence-corrected chi connectivity index (χ0v) is 42.5. The summed E-state index contributed by atoms with van der Waals surface area (Å²) in [5.74, 6) is -0.423. The normalized spacial score (nSPS) is 20.8. The van der Waals surface area contributed by atoms with E-state index in [-0.39, 0.29) is 74.5 Å². The van der Waals surface area contributed by atoms with E-state index in [0.29, 0.717) is 27.9 Å². The monoisotopic (exact) mass is 1050 g/mol. The number of aryl methyl sites for hydroxylation is 1. The summed E-state index contributed by atoms with van der Waals surface area (Å²) in [6.45, 7) is 14.1. The molecule has 7 heterocycles. The van der Waals surface area contributed by atoms with E-state index >= 15 is 0 Å². The van der Waals surface area contributed by atoms with Crippen molar-refractivity contribution in [2.75, 3.05) is 37.0 Å². The van der Waals surface area contributed by atoms with Gasteiger partial charge >= 0.3 is 17.8 Å². The molecule has 5 aromatic heterocycles. The fourth-order valence-corrected chi connectivity index (χ4v) is 12.2. The highest BCUT2D eigenvalue weighted by molar-refractivity contribution is 7.92. The lowest BCUT2D eigenvalue weighted by molar-refractivity contribution is -0.0807. The highest BCUT2D eigenvalue weighted by Crippen LogP contribution is 2.58. The number of nitrogens with zero attached hydrogens (tertiary/aromatic N) is 12. The third-order valence-electron chi connectivity index (χ3n) is 11.6. The molecule has 74 heavy (non-hydrogen) atoms. The zero-order valence-electron chi connectivity index (χ0n) is 40.8. The van der Waals surface area contributed by atoms with E-state index in [2.05, 4.69) is 54.5 Å². The van der Waals surface area contributed by atoms with Crippen molar-refractivity contribution in [3.05, 3.63) is 121 Å². The first-order chi connectivity index (χ1) is 35.7. The second-order valence-electron chi connectivity index (χ2n) is 17.6. The maximum absolute atomic E-state index is 14.4. The molecule has 2 aromatic carbocycles. The Kier molecular flexibility index (Phi) is 15.9. The van der Waals surface area contributed by atoms with Crippen LogP contribution < -0.4 is 10.6 Å². The van der Waals surface area contributed by atoms with E-state index < -0.39 is 65.7 Å². The minimum Gasteiger partial charge on any atom is -0.376 e. The van der Waals surface area contributed by atoms with Gasteiger partial charge in [0, 0.05) is 43.4 Å². The fourth-order valence-electron chi connectivity index (χ4n) is 8.25. The van der Waals surface area contributed by atoms with Gasteiger partial charge in [0.15, 0.2) is 34.0 Å². The van der Waals surface area contributed by atoms with Crippen molar-refractivity contribution in [2.24, 2.45) is 11.2 Å². The van der Waals surface area contributed by atoms with Crippen molar-refractivity contribution in [1.29, 1.82) is 0 Å². The topological polar surface area (TPSA) is 279 Å². The molecule has 2 N–H and O–H groups in total. The average molecular weight is 1050 g/mol. The van der Waals surface area contributed by atoms with Crippen molar-refractivity contribution < 1.29 is 50.5 Å². The number of aromatic nitrogens is 10. The number of carbonyl (C=O) groups is 2. The van der Waals surface area contributed by atoms with Gasteiger partial charge in [-0.1, -0.05) is 40.5 Å². The summed E-state index contributed by atoms with van der Waals surface area (Å²) in [6, 6.07) is 17.3. The molecule has 7 aromatic rings. The molecule has 0 saturated carbocycles. The first-order valence-corrected chi connectivity index (χ1v) is 26.5. The number of imidazole rings is 3. The van der Waals surface area contributed by atoms with Crippen LogP contribution in [0.1, 0.15) is 73.7 Å². The number of hydrogen-bond acceptors (Lipinski definition) is 18. The molecule has 2 saturated heterocycles. The molecule has 2 amide bonds. The molecule has 2 aliphatic rings. The van der Waals surface area contributed by atoms with E-state index in [4.69, 9.17) is 39.1 Å². The summed E-state index contributed by atoms with van der Waals surface area (Å²) in [7, 11) is -7.76. The summed E-state index contributed by atoms with van der Waals surface area (Å²) in [6.07, 6.45) is 3.03. The lowest BCUT2D eigenvalue weighted by Crippen LogP contribution is -2.33. The predicted octanol–water partition coefficient (Wildman–Crippen LogP) is 6.37. The van der Waals surface area contributed by atoms with Crippen LogP contribution in [0.5, 0.6) is 0 Å². The Hall–Kier alpha value is -6.92. The Morgan fingerprint density at radius 2 is 1.32 bits per heavy atom. The van der Waals surface area contributed by atoms with Crippen LogP contribution in [0.2, 0.25) is 0 Å². The molecule has 0 bridgehead atoms. The molecular formula is C47H53N14O11PS. The van der Waals surface area contributed by atoms with Gasteiger partial charge in [-0.3, -0.25) is 32.3 Å². The quantitative estimate of drug-likeness (QED) is 0.0449. The number of carbonyl (C=O) groups excluding carboxylic acids is 2. The molecule has 0 spiro atoms. The number of anilines is 2. The highest BCUT2D eigenvalue weighted by atomic mass is 32.2. The number of sulfonamides is 1. The van der Waals surface area contributed by atoms with Gasteiger partial charge in [-0.05, 0) is 52.0 Å². The van der Waals surface area contributed by atoms with Crippen molar-refractivity contribution >= 4 is 63.5 Å². The summed E-state index contributed by atoms with van der Waals surface area (Å²) in [5.41, 5.74) is 2.11. The van der Waals surface area contributed by atoms with E-state index in [1.165, 1.54) is 49.3 Å². The van der Waals surface area contributed by atoms with Crippen molar-refractivity contribution in [2.45, 2.75) is 94.8 Å². The number of hydrogen-bond donors (Lipinski definition) is 2. The van der Waals surface area contributed by atoms with Crippen molar-refractivity contribution in [3.63, 3.8) is 0 Å². The Morgan fingerprint density at radius 1 is 0.770 bits per heavy atom.